The van der Waals surface area contributed by atoms with Gasteiger partial charge in [0.1, 0.15) is 6.10 Å². The van der Waals surface area contributed by atoms with Crippen LogP contribution in [0.4, 0.5) is 0 Å². The van der Waals surface area contributed by atoms with E-state index in [-0.39, 0.29) is 90.8 Å². The molecule has 1 unspecified atom stereocenters. The Morgan fingerprint density at radius 3 is 1.75 bits per heavy atom. The molecule has 0 saturated carbocycles. The van der Waals surface area contributed by atoms with Crippen molar-refractivity contribution in [3.8, 4) is 0 Å². The van der Waals surface area contributed by atoms with Crippen molar-refractivity contribution in [1.29, 1.82) is 0 Å². The zero-order valence-electron chi connectivity index (χ0n) is 8.74. The van der Waals surface area contributed by atoms with Gasteiger partial charge in [-0.3, -0.25) is 9.59 Å². The summed E-state index contributed by atoms with van der Waals surface area (Å²) in [7, 11) is 0. The van der Waals surface area contributed by atoms with Crippen LogP contribution in [0.15, 0.2) is 0 Å². The van der Waals surface area contributed by atoms with Crippen LogP contribution < -0.4 is 59.1 Å². The second kappa shape index (κ2) is 13.7. The molecule has 0 spiro atoms. The van der Waals surface area contributed by atoms with E-state index in [1.165, 1.54) is 0 Å². The Kier molecular flexibility index (Phi) is 27.6. The summed E-state index contributed by atoms with van der Waals surface area (Å²) >= 11 is 6.64. The first-order valence-corrected chi connectivity index (χ1v) is 3.06. The molecule has 0 fully saturated rings. The third-order valence-electron chi connectivity index (χ3n) is 0.653. The van der Waals surface area contributed by atoms with Gasteiger partial charge >= 0.3 is 59.1 Å². The first-order chi connectivity index (χ1) is 4.04. The van der Waals surface area contributed by atoms with Crippen molar-refractivity contribution < 1.29 is 99.0 Å². The van der Waals surface area contributed by atoms with Crippen LogP contribution in [0.3, 0.4) is 0 Å². The number of rotatable bonds is 3. The molecule has 67 valence electrons. The van der Waals surface area contributed by atoms with Crippen molar-refractivity contribution in [2.24, 2.45) is 0 Å². The molecule has 1 radical (unpaired) electrons. The summed E-state index contributed by atoms with van der Waals surface area (Å²) in [6.45, 7) is 0. The Bertz CT molecular complexity index is 155. The number of aliphatic hydroxyl groups is 1. The van der Waals surface area contributed by atoms with Crippen molar-refractivity contribution >= 4 is 35.5 Å². The van der Waals surface area contributed by atoms with E-state index >= 15 is 0 Å². The summed E-state index contributed by atoms with van der Waals surface area (Å²) in [4.78, 5) is 20.2. The SMILES string of the molecule is O=C(S)CC(O)C(=O)S.[Au].[H-].[H-].[Na+].[Na+]. The molecule has 0 aliphatic heterocycles. The predicted octanol–water partition coefficient (Wildman–Crippen LogP) is -6.12. The molecule has 0 aliphatic rings. The van der Waals surface area contributed by atoms with Crippen LogP contribution in [0.25, 0.3) is 0 Å². The third-order valence-corrected chi connectivity index (χ3v) is 1.13. The Labute approximate surface area is 145 Å². The van der Waals surface area contributed by atoms with Crippen molar-refractivity contribution in [2.45, 2.75) is 12.5 Å². The Balaban J connectivity index is -0.0000000320. The summed E-state index contributed by atoms with van der Waals surface area (Å²) < 4.78 is 0. The van der Waals surface area contributed by atoms with Crippen LogP contribution >= 0.6 is 25.3 Å². The monoisotopic (exact) mass is 411 g/mol. The second-order valence-electron chi connectivity index (χ2n) is 1.45. The number of hydrogen-bond acceptors (Lipinski definition) is 3. The van der Waals surface area contributed by atoms with Crippen LogP contribution in [0.1, 0.15) is 9.27 Å². The fourth-order valence-corrected chi connectivity index (χ4v) is 0.517. The molecule has 0 aliphatic carbocycles. The average Bonchev–Trinajstić information content (AvgIpc) is 1.63. The normalized spacial score (nSPS) is 9.58. The Hall–Kier alpha value is 2.74. The van der Waals surface area contributed by atoms with Gasteiger partial charge in [0.2, 0.25) is 5.12 Å². The molecular weight excluding hydrogens is 403 g/mol. The molecule has 0 amide bonds. The van der Waals surface area contributed by atoms with Gasteiger partial charge in [0, 0.05) is 22.4 Å². The van der Waals surface area contributed by atoms with Crippen LogP contribution in [-0.4, -0.2) is 21.4 Å². The molecule has 0 bridgehead atoms. The summed E-state index contributed by atoms with van der Waals surface area (Å²) in [5, 5.41) is 7.37. The molecule has 8 heteroatoms. The van der Waals surface area contributed by atoms with Crippen LogP contribution in [0.5, 0.6) is 0 Å². The average molecular weight is 411 g/mol. The largest absolute Gasteiger partial charge is 1.00 e. The van der Waals surface area contributed by atoms with Gasteiger partial charge in [-0.15, -0.1) is 25.3 Å². The fraction of sp³-hybridized carbons (Fsp3) is 0.500. The molecule has 0 aromatic heterocycles. The van der Waals surface area contributed by atoms with E-state index in [0.717, 1.165) is 0 Å². The molecular formula is C4H8AuNa2O3S2. The quantitative estimate of drug-likeness (QED) is 0.320. The van der Waals surface area contributed by atoms with E-state index in [2.05, 4.69) is 25.3 Å². The van der Waals surface area contributed by atoms with Crippen LogP contribution in [0.2, 0.25) is 0 Å². The topological polar surface area (TPSA) is 54.4 Å². The van der Waals surface area contributed by atoms with Gasteiger partial charge in [0.25, 0.3) is 0 Å². The van der Waals surface area contributed by atoms with E-state index < -0.39 is 16.3 Å². The first kappa shape index (κ1) is 24.1. The molecule has 0 aromatic rings. The zero-order valence-corrected chi connectivity index (χ0v) is 14.7. The number of hydrogen-bond donors (Lipinski definition) is 3. The first-order valence-electron chi connectivity index (χ1n) is 2.16. The molecule has 12 heavy (non-hydrogen) atoms. The second-order valence-corrected chi connectivity index (χ2v) is 2.39. The van der Waals surface area contributed by atoms with Gasteiger partial charge in [0.05, 0.1) is 6.42 Å². The standard InChI is InChI=1S/C4H6O3S2.Au.2Na.2H/c5-2(4(7)9)1-3(6)8;;;;;/h2,5H,1H2,(H,6,8)(H,7,9);;;;;/q;;2*+1;2*-1. The molecule has 0 saturated heterocycles. The van der Waals surface area contributed by atoms with E-state index in [1.54, 1.807) is 0 Å². The number of carbonyl (C=O) groups excluding carboxylic acids is 2. The van der Waals surface area contributed by atoms with Gasteiger partial charge in [-0.25, -0.2) is 0 Å². The van der Waals surface area contributed by atoms with Crippen molar-refractivity contribution in [2.75, 3.05) is 0 Å². The maximum atomic E-state index is 10.1. The smallest absolute Gasteiger partial charge is 1.00 e. The Morgan fingerprint density at radius 2 is 1.67 bits per heavy atom. The van der Waals surface area contributed by atoms with E-state index in [1.807, 2.05) is 0 Å². The van der Waals surface area contributed by atoms with Crippen molar-refractivity contribution in [3.05, 3.63) is 0 Å². The molecule has 0 rings (SSSR count). The Morgan fingerprint density at radius 1 is 1.33 bits per heavy atom. The zero-order chi connectivity index (χ0) is 7.44. The van der Waals surface area contributed by atoms with Gasteiger partial charge < -0.3 is 7.96 Å². The molecule has 1 N–H and O–H groups in total. The van der Waals surface area contributed by atoms with E-state index in [4.69, 9.17) is 5.11 Å². The fourth-order valence-electron chi connectivity index (χ4n) is 0.253. The number of thiol groups is 2. The summed E-state index contributed by atoms with van der Waals surface area (Å²) in [6, 6.07) is 0. The number of aliphatic hydroxyl groups excluding tert-OH is 1. The van der Waals surface area contributed by atoms with Crippen LogP contribution in [0, 0.1) is 0 Å². The minimum Gasteiger partial charge on any atom is -1.00 e. The van der Waals surface area contributed by atoms with Crippen molar-refractivity contribution in [3.63, 3.8) is 0 Å². The van der Waals surface area contributed by atoms with Gasteiger partial charge in [-0.1, -0.05) is 0 Å². The van der Waals surface area contributed by atoms with Crippen LogP contribution in [-0.2, 0) is 32.0 Å². The van der Waals surface area contributed by atoms with E-state index in [0.29, 0.717) is 0 Å². The van der Waals surface area contributed by atoms with Gasteiger partial charge in [0.15, 0.2) is 5.12 Å². The summed E-state index contributed by atoms with van der Waals surface area (Å²) in [5.41, 5.74) is 0. The molecule has 1 atom stereocenters. The summed E-state index contributed by atoms with van der Waals surface area (Å²) in [6.07, 6.45) is -1.58. The van der Waals surface area contributed by atoms with Crippen molar-refractivity contribution in [1.82, 2.24) is 0 Å². The van der Waals surface area contributed by atoms with Gasteiger partial charge in [-0.05, 0) is 0 Å². The maximum absolute atomic E-state index is 10.1. The minimum absolute atomic E-state index is 0. The predicted molar refractivity (Wildman–Crippen MR) is 40.8 cm³/mol. The molecule has 3 nitrogen and oxygen atoms in total. The van der Waals surface area contributed by atoms with E-state index in [9.17, 15) is 9.59 Å². The third kappa shape index (κ3) is 15.2. The molecule has 0 heterocycles. The maximum Gasteiger partial charge on any atom is 1.00 e. The minimum atomic E-state index is -1.31. The van der Waals surface area contributed by atoms with Gasteiger partial charge in [-0.2, -0.15) is 0 Å². The molecule has 0 aromatic carbocycles. The summed E-state index contributed by atoms with van der Waals surface area (Å²) in [5.74, 6) is 0. The number of carbonyl (C=O) groups is 2.